The molecule has 2 aromatic heterocycles. The maximum Gasteiger partial charge on any atom is 0.274 e. The second-order valence-corrected chi connectivity index (χ2v) is 4.45. The molecule has 0 radical (unpaired) electrons. The van der Waals surface area contributed by atoms with Gasteiger partial charge in [0.15, 0.2) is 0 Å². The van der Waals surface area contributed by atoms with Crippen molar-refractivity contribution >= 4 is 17.2 Å². The number of benzene rings is 1. The third-order valence-electron chi connectivity index (χ3n) is 3.07. The molecule has 5 nitrogen and oxygen atoms in total. The fourth-order valence-corrected chi connectivity index (χ4v) is 2.15. The molecule has 2 heterocycles. The van der Waals surface area contributed by atoms with Crippen molar-refractivity contribution in [2.24, 2.45) is 0 Å². The summed E-state index contributed by atoms with van der Waals surface area (Å²) in [4.78, 5) is 16.7. The lowest BCUT2D eigenvalue weighted by atomic mass is 10.2. The first-order chi connectivity index (χ1) is 9.66. The molecule has 0 spiro atoms. The van der Waals surface area contributed by atoms with Gasteiger partial charge in [-0.25, -0.2) is 4.98 Å². The molecule has 3 rings (SSSR count). The summed E-state index contributed by atoms with van der Waals surface area (Å²) in [6.45, 7) is 1.78. The van der Waals surface area contributed by atoms with Gasteiger partial charge in [0.1, 0.15) is 17.1 Å². The second kappa shape index (κ2) is 4.70. The molecule has 0 fully saturated rings. The molecule has 0 unspecified atom stereocenters. The maximum atomic E-state index is 12.4. The number of pyridine rings is 1. The number of phenols is 1. The molecule has 0 aliphatic carbocycles. The van der Waals surface area contributed by atoms with E-state index in [2.05, 4.69) is 10.3 Å². The zero-order chi connectivity index (χ0) is 14.1. The van der Waals surface area contributed by atoms with Crippen molar-refractivity contribution in [1.82, 2.24) is 9.38 Å². The highest BCUT2D eigenvalue weighted by Crippen LogP contribution is 2.23. The summed E-state index contributed by atoms with van der Waals surface area (Å²) in [5.41, 5.74) is 2.20. The lowest BCUT2D eigenvalue weighted by molar-refractivity contribution is 0.102. The normalized spacial score (nSPS) is 10.7. The van der Waals surface area contributed by atoms with Crippen molar-refractivity contribution in [2.45, 2.75) is 6.92 Å². The van der Waals surface area contributed by atoms with E-state index in [0.717, 1.165) is 0 Å². The Morgan fingerprint density at radius 3 is 2.75 bits per heavy atom. The third kappa shape index (κ3) is 1.99. The number of amides is 1. The highest BCUT2D eigenvalue weighted by molar-refractivity contribution is 6.05. The van der Waals surface area contributed by atoms with Crippen LogP contribution in [0.1, 0.15) is 16.2 Å². The quantitative estimate of drug-likeness (QED) is 0.701. The number of carbonyl (C=O) groups is 1. The Hall–Kier alpha value is -2.82. The standard InChI is InChI=1S/C15H13N3O2/c1-10-14(18-9-5-4-8-13(18)16-10)15(20)17-11-6-2-3-7-12(11)19/h2-9,19H,1H3,(H,17,20). The number of nitrogens with one attached hydrogen (secondary N) is 1. The van der Waals surface area contributed by atoms with Gasteiger partial charge in [-0.3, -0.25) is 9.20 Å². The summed E-state index contributed by atoms with van der Waals surface area (Å²) in [6, 6.07) is 12.2. The van der Waals surface area contributed by atoms with E-state index < -0.39 is 0 Å². The first kappa shape index (κ1) is 12.2. The number of aromatic nitrogens is 2. The number of imidazole rings is 1. The predicted octanol–water partition coefficient (Wildman–Crippen LogP) is 2.60. The van der Waals surface area contributed by atoms with Crippen molar-refractivity contribution in [3.63, 3.8) is 0 Å². The van der Waals surface area contributed by atoms with Crippen LogP contribution in [0.3, 0.4) is 0 Å². The van der Waals surface area contributed by atoms with E-state index in [1.807, 2.05) is 18.2 Å². The fourth-order valence-electron chi connectivity index (χ4n) is 2.15. The average Bonchev–Trinajstić information content (AvgIpc) is 2.77. The van der Waals surface area contributed by atoms with Gasteiger partial charge in [0.05, 0.1) is 11.4 Å². The van der Waals surface area contributed by atoms with Gasteiger partial charge in [0.2, 0.25) is 0 Å². The summed E-state index contributed by atoms with van der Waals surface area (Å²) in [7, 11) is 0. The SMILES string of the molecule is Cc1nc2ccccn2c1C(=O)Nc1ccccc1O. The van der Waals surface area contributed by atoms with E-state index in [1.54, 1.807) is 35.7 Å². The molecular formula is C15H13N3O2. The molecule has 0 saturated carbocycles. The summed E-state index contributed by atoms with van der Waals surface area (Å²) < 4.78 is 1.73. The van der Waals surface area contributed by atoms with Gasteiger partial charge in [-0.1, -0.05) is 18.2 Å². The van der Waals surface area contributed by atoms with Crippen molar-refractivity contribution < 1.29 is 9.90 Å². The zero-order valence-corrected chi connectivity index (χ0v) is 10.9. The Labute approximate surface area is 115 Å². The Bertz CT molecular complexity index is 793. The Morgan fingerprint density at radius 1 is 1.20 bits per heavy atom. The molecule has 5 heteroatoms. The van der Waals surface area contributed by atoms with Crippen molar-refractivity contribution in [1.29, 1.82) is 0 Å². The summed E-state index contributed by atoms with van der Waals surface area (Å²) in [6.07, 6.45) is 1.79. The number of carbonyl (C=O) groups excluding carboxylic acids is 1. The Balaban J connectivity index is 2.01. The molecule has 0 saturated heterocycles. The number of hydrogen-bond acceptors (Lipinski definition) is 3. The minimum atomic E-state index is -0.303. The van der Waals surface area contributed by atoms with E-state index in [4.69, 9.17) is 0 Å². The van der Waals surface area contributed by atoms with Crippen LogP contribution in [0, 0.1) is 6.92 Å². The summed E-state index contributed by atoms with van der Waals surface area (Å²) in [5, 5.41) is 12.4. The van der Waals surface area contributed by atoms with E-state index in [-0.39, 0.29) is 11.7 Å². The van der Waals surface area contributed by atoms with Gasteiger partial charge in [0, 0.05) is 6.20 Å². The van der Waals surface area contributed by atoms with E-state index in [0.29, 0.717) is 22.7 Å². The first-order valence-electron chi connectivity index (χ1n) is 6.20. The maximum absolute atomic E-state index is 12.4. The zero-order valence-electron chi connectivity index (χ0n) is 10.9. The van der Waals surface area contributed by atoms with Gasteiger partial charge < -0.3 is 10.4 Å². The number of rotatable bonds is 2. The van der Waals surface area contributed by atoms with Crippen LogP contribution < -0.4 is 5.32 Å². The van der Waals surface area contributed by atoms with Gasteiger partial charge in [0.25, 0.3) is 5.91 Å². The molecule has 100 valence electrons. The molecule has 1 aromatic carbocycles. The Morgan fingerprint density at radius 2 is 1.95 bits per heavy atom. The first-order valence-corrected chi connectivity index (χ1v) is 6.20. The minimum absolute atomic E-state index is 0.0346. The number of aryl methyl sites for hydroxylation is 1. The Kier molecular flexibility index (Phi) is 2.87. The number of aromatic hydroxyl groups is 1. The van der Waals surface area contributed by atoms with E-state index in [9.17, 15) is 9.90 Å². The topological polar surface area (TPSA) is 66.6 Å². The molecule has 3 aromatic rings. The van der Waals surface area contributed by atoms with Crippen LogP contribution in [0.2, 0.25) is 0 Å². The molecule has 0 atom stereocenters. The molecule has 20 heavy (non-hydrogen) atoms. The van der Waals surface area contributed by atoms with E-state index in [1.165, 1.54) is 6.07 Å². The van der Waals surface area contributed by atoms with Crippen LogP contribution in [0.4, 0.5) is 5.69 Å². The highest BCUT2D eigenvalue weighted by Gasteiger charge is 2.17. The van der Waals surface area contributed by atoms with Crippen LogP contribution >= 0.6 is 0 Å². The lowest BCUT2D eigenvalue weighted by Crippen LogP contribution is -2.15. The van der Waals surface area contributed by atoms with Crippen LogP contribution in [0.25, 0.3) is 5.65 Å². The van der Waals surface area contributed by atoms with Crippen molar-refractivity contribution in [2.75, 3.05) is 5.32 Å². The summed E-state index contributed by atoms with van der Waals surface area (Å²) in [5.74, 6) is -0.268. The number of para-hydroxylation sites is 2. The highest BCUT2D eigenvalue weighted by atomic mass is 16.3. The largest absolute Gasteiger partial charge is 0.506 e. The fraction of sp³-hybridized carbons (Fsp3) is 0.0667. The smallest absolute Gasteiger partial charge is 0.274 e. The molecule has 0 bridgehead atoms. The number of fused-ring (bicyclic) bond motifs is 1. The average molecular weight is 267 g/mol. The van der Waals surface area contributed by atoms with Gasteiger partial charge in [-0.05, 0) is 31.2 Å². The predicted molar refractivity (Wildman–Crippen MR) is 76.0 cm³/mol. The van der Waals surface area contributed by atoms with Gasteiger partial charge in [-0.2, -0.15) is 0 Å². The number of phenolic OH excluding ortho intramolecular Hbond substituents is 1. The number of nitrogens with zero attached hydrogens (tertiary/aromatic N) is 2. The minimum Gasteiger partial charge on any atom is -0.506 e. The molecule has 0 aliphatic rings. The van der Waals surface area contributed by atoms with E-state index >= 15 is 0 Å². The van der Waals surface area contributed by atoms with Crippen LogP contribution in [-0.4, -0.2) is 20.4 Å². The van der Waals surface area contributed by atoms with Crippen LogP contribution in [-0.2, 0) is 0 Å². The van der Waals surface area contributed by atoms with Crippen molar-refractivity contribution in [3.05, 3.63) is 60.0 Å². The van der Waals surface area contributed by atoms with Gasteiger partial charge in [-0.15, -0.1) is 0 Å². The molecular weight excluding hydrogens is 254 g/mol. The lowest BCUT2D eigenvalue weighted by Gasteiger charge is -2.07. The third-order valence-corrected chi connectivity index (χ3v) is 3.07. The molecule has 2 N–H and O–H groups in total. The monoisotopic (exact) mass is 267 g/mol. The summed E-state index contributed by atoms with van der Waals surface area (Å²) >= 11 is 0. The second-order valence-electron chi connectivity index (χ2n) is 4.45. The number of hydrogen-bond donors (Lipinski definition) is 2. The van der Waals surface area contributed by atoms with Gasteiger partial charge >= 0.3 is 0 Å². The number of anilines is 1. The van der Waals surface area contributed by atoms with Crippen LogP contribution in [0.15, 0.2) is 48.7 Å². The molecule has 0 aliphatic heterocycles. The molecule has 1 amide bonds. The van der Waals surface area contributed by atoms with Crippen molar-refractivity contribution in [3.8, 4) is 5.75 Å². The van der Waals surface area contributed by atoms with Crippen LogP contribution in [0.5, 0.6) is 5.75 Å².